The SMILES string of the molecule is CC(=O)SCCC(F)(F)C(F)C(F)(F)CF. The van der Waals surface area contributed by atoms with Crippen molar-refractivity contribution in [1.82, 2.24) is 0 Å². The highest BCUT2D eigenvalue weighted by atomic mass is 32.2. The fourth-order valence-corrected chi connectivity index (χ4v) is 1.50. The zero-order valence-electron chi connectivity index (χ0n) is 8.28. The minimum atomic E-state index is -4.70. The van der Waals surface area contributed by atoms with Crippen molar-refractivity contribution in [2.75, 3.05) is 12.4 Å². The second-order valence-corrected chi connectivity index (χ2v) is 4.38. The average molecular weight is 268 g/mol. The molecule has 0 rings (SSSR count). The molecule has 0 aromatic heterocycles. The molecule has 8 heteroatoms. The zero-order valence-corrected chi connectivity index (χ0v) is 9.10. The number of thioether (sulfide) groups is 1. The summed E-state index contributed by atoms with van der Waals surface area (Å²) in [5.74, 6) is -9.55. The van der Waals surface area contributed by atoms with E-state index in [1.54, 1.807) is 0 Å². The van der Waals surface area contributed by atoms with Gasteiger partial charge in [0.15, 0.2) is 11.8 Å². The first kappa shape index (κ1) is 15.6. The van der Waals surface area contributed by atoms with Gasteiger partial charge in [0.25, 0.3) is 5.92 Å². The largest absolute Gasteiger partial charge is 0.312 e. The van der Waals surface area contributed by atoms with Gasteiger partial charge in [-0.05, 0) is 0 Å². The van der Waals surface area contributed by atoms with Gasteiger partial charge in [-0.15, -0.1) is 0 Å². The number of carbonyl (C=O) groups excluding carboxylic acids is 1. The number of hydrogen-bond acceptors (Lipinski definition) is 2. The van der Waals surface area contributed by atoms with Gasteiger partial charge in [0.1, 0.15) is 0 Å². The molecule has 0 N–H and O–H groups in total. The monoisotopic (exact) mass is 268 g/mol. The molecule has 0 fully saturated rings. The summed E-state index contributed by atoms with van der Waals surface area (Å²) < 4.78 is 74.5. The number of hydrogen-bond donors (Lipinski definition) is 0. The molecular weight excluding hydrogens is 258 g/mol. The predicted octanol–water partition coefficient (Wildman–Crippen LogP) is 3.23. The molecule has 0 radical (unpaired) electrons. The van der Waals surface area contributed by atoms with Crippen LogP contribution in [0.1, 0.15) is 13.3 Å². The number of carbonyl (C=O) groups is 1. The second kappa shape index (κ2) is 5.79. The quantitative estimate of drug-likeness (QED) is 0.688. The molecular formula is C8H10F6OS. The van der Waals surface area contributed by atoms with Crippen molar-refractivity contribution in [3.63, 3.8) is 0 Å². The molecule has 0 aromatic carbocycles. The van der Waals surface area contributed by atoms with E-state index in [1.165, 1.54) is 0 Å². The summed E-state index contributed by atoms with van der Waals surface area (Å²) in [4.78, 5) is 10.4. The maximum absolute atomic E-state index is 12.8. The van der Waals surface area contributed by atoms with Crippen LogP contribution in [0.4, 0.5) is 26.3 Å². The van der Waals surface area contributed by atoms with Crippen LogP contribution >= 0.6 is 11.8 Å². The summed E-state index contributed by atoms with van der Waals surface area (Å²) >= 11 is 0.470. The number of halogens is 6. The molecule has 1 atom stereocenters. The van der Waals surface area contributed by atoms with Crippen LogP contribution in [-0.4, -0.2) is 35.6 Å². The van der Waals surface area contributed by atoms with E-state index in [4.69, 9.17) is 0 Å². The lowest BCUT2D eigenvalue weighted by atomic mass is 10.1. The molecule has 0 spiro atoms. The van der Waals surface area contributed by atoms with Crippen LogP contribution in [0.2, 0.25) is 0 Å². The molecule has 0 amide bonds. The van der Waals surface area contributed by atoms with E-state index >= 15 is 0 Å². The van der Waals surface area contributed by atoms with E-state index in [9.17, 15) is 31.1 Å². The Balaban J connectivity index is 4.36. The standard InChI is InChI=1S/C8H10F6OS/c1-5(15)16-3-2-7(11,12)6(10)8(13,14)4-9/h6H,2-4H2,1H3. The molecule has 0 heterocycles. The third-order valence-corrected chi connectivity index (χ3v) is 2.48. The Morgan fingerprint density at radius 3 is 2.12 bits per heavy atom. The summed E-state index contributed by atoms with van der Waals surface area (Å²) in [5.41, 5.74) is 0. The summed E-state index contributed by atoms with van der Waals surface area (Å²) in [6, 6.07) is 0. The maximum Gasteiger partial charge on any atom is 0.312 e. The summed E-state index contributed by atoms with van der Waals surface area (Å²) in [6.07, 6.45) is -5.12. The van der Waals surface area contributed by atoms with Crippen molar-refractivity contribution in [2.45, 2.75) is 31.4 Å². The van der Waals surface area contributed by atoms with Gasteiger partial charge in [-0.25, -0.2) is 26.3 Å². The Bertz CT molecular complexity index is 245. The number of rotatable bonds is 6. The third-order valence-electron chi connectivity index (χ3n) is 1.66. The first-order valence-corrected chi connectivity index (χ1v) is 5.21. The fourth-order valence-electron chi connectivity index (χ4n) is 0.834. The van der Waals surface area contributed by atoms with Crippen LogP contribution < -0.4 is 0 Å². The fraction of sp³-hybridized carbons (Fsp3) is 0.875. The highest BCUT2D eigenvalue weighted by molar-refractivity contribution is 8.13. The van der Waals surface area contributed by atoms with Gasteiger partial charge >= 0.3 is 5.92 Å². The molecule has 0 saturated heterocycles. The molecule has 0 aliphatic rings. The van der Waals surface area contributed by atoms with E-state index in [0.29, 0.717) is 11.8 Å². The predicted molar refractivity (Wildman–Crippen MR) is 48.5 cm³/mol. The van der Waals surface area contributed by atoms with Crippen molar-refractivity contribution >= 4 is 16.9 Å². The smallest absolute Gasteiger partial charge is 0.288 e. The maximum atomic E-state index is 12.8. The third kappa shape index (κ3) is 4.63. The lowest BCUT2D eigenvalue weighted by molar-refractivity contribution is -0.187. The van der Waals surface area contributed by atoms with Crippen molar-refractivity contribution in [1.29, 1.82) is 0 Å². The Hall–Kier alpha value is -0.400. The van der Waals surface area contributed by atoms with Crippen LogP contribution in [0.3, 0.4) is 0 Å². The van der Waals surface area contributed by atoms with Crippen LogP contribution in [0.15, 0.2) is 0 Å². The van der Waals surface area contributed by atoms with Crippen LogP contribution in [0.5, 0.6) is 0 Å². The Labute approximate surface area is 92.6 Å². The average Bonchev–Trinajstić information content (AvgIpc) is 2.15. The van der Waals surface area contributed by atoms with Gasteiger partial charge in [0, 0.05) is 19.1 Å². The minimum Gasteiger partial charge on any atom is -0.288 e. The summed E-state index contributed by atoms with van der Waals surface area (Å²) in [6.45, 7) is -1.38. The molecule has 0 aromatic rings. The lowest BCUT2D eigenvalue weighted by Gasteiger charge is -2.25. The normalized spacial score (nSPS) is 14.9. The van der Waals surface area contributed by atoms with Gasteiger partial charge in [0.05, 0.1) is 0 Å². The van der Waals surface area contributed by atoms with E-state index in [0.717, 1.165) is 6.92 Å². The Morgan fingerprint density at radius 2 is 1.75 bits per heavy atom. The zero-order chi connectivity index (χ0) is 13.0. The van der Waals surface area contributed by atoms with Gasteiger partial charge in [0.2, 0.25) is 6.17 Å². The number of alkyl halides is 6. The van der Waals surface area contributed by atoms with E-state index in [1.807, 2.05) is 0 Å². The van der Waals surface area contributed by atoms with Crippen molar-refractivity contribution in [3.05, 3.63) is 0 Å². The lowest BCUT2D eigenvalue weighted by Crippen LogP contribution is -2.45. The minimum absolute atomic E-state index is 0.470. The topological polar surface area (TPSA) is 17.1 Å². The molecule has 1 unspecified atom stereocenters. The van der Waals surface area contributed by atoms with E-state index in [-0.39, 0.29) is 0 Å². The van der Waals surface area contributed by atoms with Gasteiger partial charge in [-0.2, -0.15) is 0 Å². The van der Waals surface area contributed by atoms with Crippen molar-refractivity contribution < 1.29 is 31.1 Å². The molecule has 96 valence electrons. The van der Waals surface area contributed by atoms with Crippen molar-refractivity contribution in [2.24, 2.45) is 0 Å². The first-order valence-electron chi connectivity index (χ1n) is 4.22. The first-order chi connectivity index (χ1) is 7.13. The van der Waals surface area contributed by atoms with E-state index < -0.39 is 42.0 Å². The molecule has 0 aliphatic carbocycles. The molecule has 1 nitrogen and oxygen atoms in total. The molecule has 16 heavy (non-hydrogen) atoms. The van der Waals surface area contributed by atoms with Crippen LogP contribution in [0, 0.1) is 0 Å². The van der Waals surface area contributed by atoms with E-state index in [2.05, 4.69) is 0 Å². The highest BCUT2D eigenvalue weighted by Crippen LogP contribution is 2.37. The Kier molecular flexibility index (Phi) is 5.64. The molecule has 0 aliphatic heterocycles. The Morgan fingerprint density at radius 1 is 1.25 bits per heavy atom. The summed E-state index contributed by atoms with van der Waals surface area (Å²) in [7, 11) is 0. The van der Waals surface area contributed by atoms with Gasteiger partial charge in [-0.3, -0.25) is 4.79 Å². The summed E-state index contributed by atoms with van der Waals surface area (Å²) in [5, 5.41) is -0.483. The van der Waals surface area contributed by atoms with Crippen LogP contribution in [0.25, 0.3) is 0 Å². The van der Waals surface area contributed by atoms with Crippen molar-refractivity contribution in [3.8, 4) is 0 Å². The van der Waals surface area contributed by atoms with Gasteiger partial charge < -0.3 is 0 Å². The van der Waals surface area contributed by atoms with Crippen LogP contribution in [-0.2, 0) is 4.79 Å². The second-order valence-electron chi connectivity index (χ2n) is 3.11. The molecule has 0 saturated carbocycles. The highest BCUT2D eigenvalue weighted by Gasteiger charge is 2.55. The molecule has 0 bridgehead atoms. The van der Waals surface area contributed by atoms with Gasteiger partial charge in [-0.1, -0.05) is 11.8 Å².